The van der Waals surface area contributed by atoms with E-state index in [0.29, 0.717) is 21.8 Å². The molecule has 6 nitrogen and oxygen atoms in total. The zero-order chi connectivity index (χ0) is 16.8. The van der Waals surface area contributed by atoms with Crippen molar-refractivity contribution in [2.45, 2.75) is 0 Å². The summed E-state index contributed by atoms with van der Waals surface area (Å²) in [5, 5.41) is 3.03. The van der Waals surface area contributed by atoms with E-state index in [2.05, 4.69) is 5.32 Å². The average molecular weight is 333 g/mol. The van der Waals surface area contributed by atoms with Gasteiger partial charge in [0.25, 0.3) is 5.91 Å². The SMILES string of the molecule is NC(=O)c1ccc(NC(=O)COC(=O)c2ccc(Cl)cc2)cc1. The van der Waals surface area contributed by atoms with Gasteiger partial charge in [-0.25, -0.2) is 4.79 Å². The van der Waals surface area contributed by atoms with Crippen molar-refractivity contribution in [3.63, 3.8) is 0 Å². The third-order valence-corrected chi connectivity index (χ3v) is 3.12. The van der Waals surface area contributed by atoms with Crippen LogP contribution in [0.3, 0.4) is 0 Å². The van der Waals surface area contributed by atoms with Gasteiger partial charge in [0.1, 0.15) is 0 Å². The summed E-state index contributed by atoms with van der Waals surface area (Å²) in [6.07, 6.45) is 0. The van der Waals surface area contributed by atoms with E-state index in [1.807, 2.05) is 0 Å². The number of carbonyl (C=O) groups excluding carboxylic acids is 3. The van der Waals surface area contributed by atoms with Crippen molar-refractivity contribution in [3.05, 3.63) is 64.7 Å². The van der Waals surface area contributed by atoms with Gasteiger partial charge in [0.2, 0.25) is 5.91 Å². The van der Waals surface area contributed by atoms with Crippen molar-refractivity contribution in [3.8, 4) is 0 Å². The van der Waals surface area contributed by atoms with Gasteiger partial charge in [-0.1, -0.05) is 11.6 Å². The molecule has 0 heterocycles. The number of nitrogens with two attached hydrogens (primary N) is 1. The number of carbonyl (C=O) groups is 3. The predicted octanol–water partition coefficient (Wildman–Crippen LogP) is 2.23. The molecule has 0 fully saturated rings. The Bertz CT molecular complexity index is 727. The van der Waals surface area contributed by atoms with Crippen molar-refractivity contribution in [2.75, 3.05) is 11.9 Å². The Morgan fingerprint density at radius 3 is 2.09 bits per heavy atom. The summed E-state index contributed by atoms with van der Waals surface area (Å²) < 4.78 is 4.90. The van der Waals surface area contributed by atoms with Crippen molar-refractivity contribution in [1.82, 2.24) is 0 Å². The number of nitrogens with one attached hydrogen (secondary N) is 1. The van der Waals surface area contributed by atoms with Crippen molar-refractivity contribution in [2.24, 2.45) is 5.73 Å². The molecule has 0 bridgehead atoms. The number of rotatable bonds is 5. The third kappa shape index (κ3) is 4.82. The van der Waals surface area contributed by atoms with Gasteiger partial charge in [-0.15, -0.1) is 0 Å². The molecule has 7 heteroatoms. The second-order valence-corrected chi connectivity index (χ2v) is 5.01. The van der Waals surface area contributed by atoms with Crippen molar-refractivity contribution >= 4 is 35.1 Å². The highest BCUT2D eigenvalue weighted by Crippen LogP contribution is 2.11. The number of esters is 1. The second-order valence-electron chi connectivity index (χ2n) is 4.57. The third-order valence-electron chi connectivity index (χ3n) is 2.87. The van der Waals surface area contributed by atoms with E-state index in [4.69, 9.17) is 22.1 Å². The van der Waals surface area contributed by atoms with Gasteiger partial charge in [0.05, 0.1) is 5.56 Å². The van der Waals surface area contributed by atoms with Crippen LogP contribution in [0.15, 0.2) is 48.5 Å². The molecule has 2 aromatic carbocycles. The maximum absolute atomic E-state index is 11.7. The highest BCUT2D eigenvalue weighted by molar-refractivity contribution is 6.30. The number of amides is 2. The van der Waals surface area contributed by atoms with E-state index >= 15 is 0 Å². The number of ether oxygens (including phenoxy) is 1. The number of anilines is 1. The summed E-state index contributed by atoms with van der Waals surface area (Å²) in [5.74, 6) is -1.68. The summed E-state index contributed by atoms with van der Waals surface area (Å²) in [6.45, 7) is -0.432. The lowest BCUT2D eigenvalue weighted by atomic mass is 10.2. The molecule has 0 atom stereocenters. The number of hydrogen-bond acceptors (Lipinski definition) is 4. The fraction of sp³-hybridized carbons (Fsp3) is 0.0625. The lowest BCUT2D eigenvalue weighted by Gasteiger charge is -2.07. The fourth-order valence-corrected chi connectivity index (χ4v) is 1.84. The van der Waals surface area contributed by atoms with E-state index in [1.54, 1.807) is 12.1 Å². The first-order valence-corrected chi connectivity index (χ1v) is 6.96. The summed E-state index contributed by atoms with van der Waals surface area (Å²) in [4.78, 5) is 34.4. The molecule has 0 radical (unpaired) electrons. The van der Waals surface area contributed by atoms with Gasteiger partial charge in [-0.3, -0.25) is 9.59 Å². The zero-order valence-corrected chi connectivity index (χ0v) is 12.7. The van der Waals surface area contributed by atoms with E-state index in [1.165, 1.54) is 36.4 Å². The van der Waals surface area contributed by atoms with Crippen LogP contribution < -0.4 is 11.1 Å². The molecule has 0 spiro atoms. The lowest BCUT2D eigenvalue weighted by Crippen LogP contribution is -2.21. The highest BCUT2D eigenvalue weighted by Gasteiger charge is 2.10. The van der Waals surface area contributed by atoms with Gasteiger partial charge in [0, 0.05) is 16.3 Å². The van der Waals surface area contributed by atoms with Crippen LogP contribution in [0.4, 0.5) is 5.69 Å². The number of benzene rings is 2. The van der Waals surface area contributed by atoms with Crippen LogP contribution in [0.5, 0.6) is 0 Å². The molecule has 23 heavy (non-hydrogen) atoms. The Morgan fingerprint density at radius 1 is 0.957 bits per heavy atom. The maximum atomic E-state index is 11.7. The van der Waals surface area contributed by atoms with Crippen molar-refractivity contribution in [1.29, 1.82) is 0 Å². The number of primary amides is 1. The molecule has 3 N–H and O–H groups in total. The minimum absolute atomic E-state index is 0.299. The molecule has 0 saturated heterocycles. The summed E-state index contributed by atoms with van der Waals surface area (Å²) >= 11 is 5.72. The Labute approximate surface area is 137 Å². The molecular formula is C16H13ClN2O4. The molecule has 2 rings (SSSR count). The fourth-order valence-electron chi connectivity index (χ4n) is 1.72. The van der Waals surface area contributed by atoms with Crippen LogP contribution in [-0.4, -0.2) is 24.4 Å². The van der Waals surface area contributed by atoms with Crippen LogP contribution in [0, 0.1) is 0 Å². The smallest absolute Gasteiger partial charge is 0.338 e. The van der Waals surface area contributed by atoms with E-state index in [0.717, 1.165) is 0 Å². The molecule has 0 aliphatic heterocycles. The minimum atomic E-state index is -0.624. The molecule has 2 amide bonds. The van der Waals surface area contributed by atoms with Crippen LogP contribution in [0.2, 0.25) is 5.02 Å². The molecule has 2 aromatic rings. The minimum Gasteiger partial charge on any atom is -0.452 e. The molecular weight excluding hydrogens is 320 g/mol. The summed E-state index contributed by atoms with van der Waals surface area (Å²) in [6, 6.07) is 12.1. The molecule has 0 aliphatic carbocycles. The van der Waals surface area contributed by atoms with E-state index in [-0.39, 0.29) is 0 Å². The maximum Gasteiger partial charge on any atom is 0.338 e. The monoisotopic (exact) mass is 332 g/mol. The first kappa shape index (κ1) is 16.5. The molecule has 0 saturated carbocycles. The Morgan fingerprint density at radius 2 is 1.52 bits per heavy atom. The zero-order valence-electron chi connectivity index (χ0n) is 11.9. The van der Waals surface area contributed by atoms with Crippen LogP contribution >= 0.6 is 11.6 Å². The largest absolute Gasteiger partial charge is 0.452 e. The lowest BCUT2D eigenvalue weighted by molar-refractivity contribution is -0.119. The quantitative estimate of drug-likeness (QED) is 0.820. The first-order chi connectivity index (χ1) is 11.0. The topological polar surface area (TPSA) is 98.5 Å². The predicted molar refractivity (Wildman–Crippen MR) is 85.3 cm³/mol. The Balaban J connectivity index is 1.86. The number of hydrogen-bond donors (Lipinski definition) is 2. The van der Waals surface area contributed by atoms with Gasteiger partial charge < -0.3 is 15.8 Å². The molecule has 0 aromatic heterocycles. The van der Waals surface area contributed by atoms with Gasteiger partial charge in [-0.05, 0) is 48.5 Å². The van der Waals surface area contributed by atoms with E-state index < -0.39 is 24.4 Å². The Hall–Kier alpha value is -2.86. The highest BCUT2D eigenvalue weighted by atomic mass is 35.5. The van der Waals surface area contributed by atoms with E-state index in [9.17, 15) is 14.4 Å². The van der Waals surface area contributed by atoms with Crippen LogP contribution in [-0.2, 0) is 9.53 Å². The van der Waals surface area contributed by atoms with Gasteiger partial charge >= 0.3 is 5.97 Å². The summed E-state index contributed by atoms with van der Waals surface area (Å²) in [5.41, 5.74) is 6.21. The van der Waals surface area contributed by atoms with Gasteiger partial charge in [0.15, 0.2) is 6.61 Å². The first-order valence-electron chi connectivity index (χ1n) is 6.58. The van der Waals surface area contributed by atoms with Crippen molar-refractivity contribution < 1.29 is 19.1 Å². The molecule has 0 aliphatic rings. The molecule has 0 unspecified atom stereocenters. The standard InChI is InChI=1S/C16H13ClN2O4/c17-12-5-1-11(2-6-12)16(22)23-9-14(20)19-13-7-3-10(4-8-13)15(18)21/h1-8H,9H2,(H2,18,21)(H,19,20). The van der Waals surface area contributed by atoms with Crippen LogP contribution in [0.25, 0.3) is 0 Å². The van der Waals surface area contributed by atoms with Gasteiger partial charge in [-0.2, -0.15) is 0 Å². The number of halogens is 1. The Kier molecular flexibility index (Phi) is 5.32. The average Bonchev–Trinajstić information content (AvgIpc) is 2.54. The molecule has 118 valence electrons. The second kappa shape index (κ2) is 7.42. The normalized spacial score (nSPS) is 9.96. The van der Waals surface area contributed by atoms with Crippen LogP contribution in [0.1, 0.15) is 20.7 Å². The summed E-state index contributed by atoms with van der Waals surface area (Å²) in [7, 11) is 0.